The summed E-state index contributed by atoms with van der Waals surface area (Å²) in [7, 11) is 0. The van der Waals surface area contributed by atoms with Crippen LogP contribution in [0.15, 0.2) is 0 Å². The molecular weight excluding hydrogens is 179 g/mol. The van der Waals surface area contributed by atoms with Crippen LogP contribution in [0.3, 0.4) is 0 Å². The zero-order valence-electron chi connectivity index (χ0n) is 12.3. The van der Waals surface area contributed by atoms with Crippen molar-refractivity contribution in [2.24, 2.45) is 0 Å². The van der Waals surface area contributed by atoms with Crippen molar-refractivity contribution in [3.8, 4) is 0 Å². The fraction of sp³-hybridized carbons (Fsp3) is 1.00. The Morgan fingerprint density at radius 2 is 0.933 bits per heavy atom. The summed E-state index contributed by atoms with van der Waals surface area (Å²) in [5.41, 5.74) is 0. The number of nitrogens with zero attached hydrogens (tertiary/aromatic N) is 1. The van der Waals surface area contributed by atoms with Crippen molar-refractivity contribution in [3.05, 3.63) is 5.32 Å². The Labute approximate surface area is 109 Å². The first kappa shape index (κ1) is 20.9. The van der Waals surface area contributed by atoms with Crippen LogP contribution < -0.4 is 24.2 Å². The van der Waals surface area contributed by atoms with Gasteiger partial charge in [-0.1, -0.05) is 55.4 Å². The van der Waals surface area contributed by atoms with E-state index >= 15 is 0 Å². The molecule has 88 valence electrons. The van der Waals surface area contributed by atoms with E-state index in [0.29, 0.717) is 24.2 Å². The van der Waals surface area contributed by atoms with Crippen molar-refractivity contribution in [1.82, 2.24) is 5.32 Å². The third kappa shape index (κ3) is 31.4. The molecule has 0 spiro atoms. The number of hydrogen-bond donors (Lipinski definition) is 1. The van der Waals surface area contributed by atoms with E-state index < -0.39 is 0 Å². The normalized spacial score (nSPS) is 10.4. The third-order valence-corrected chi connectivity index (χ3v) is 1.26. The Morgan fingerprint density at radius 1 is 0.667 bits per heavy atom. The zero-order valence-corrected chi connectivity index (χ0v) is 12.3. The van der Waals surface area contributed by atoms with Crippen LogP contribution in [0.5, 0.6) is 0 Å². The van der Waals surface area contributed by atoms with E-state index in [1.165, 1.54) is 0 Å². The Hall–Kier alpha value is 0.517. The monoisotopic (exact) mass is 208 g/mol. The molecule has 0 fully saturated rings. The van der Waals surface area contributed by atoms with Crippen LogP contribution in [0.4, 0.5) is 0 Å². The molecule has 0 bridgehead atoms. The fourth-order valence-electron chi connectivity index (χ4n) is 1.26. The predicted octanol–water partition coefficient (Wildman–Crippen LogP) is 0.574. The molecule has 0 aliphatic carbocycles. The van der Waals surface area contributed by atoms with Crippen molar-refractivity contribution in [3.63, 3.8) is 0 Å². The molecule has 0 aromatic heterocycles. The molecule has 1 N–H and O–H groups in total. The molecular formula is C12H29LiN2. The molecule has 0 rings (SSSR count). The van der Waals surface area contributed by atoms with Crippen molar-refractivity contribution in [2.45, 2.75) is 79.6 Å². The maximum atomic E-state index is 4.28. The van der Waals surface area contributed by atoms with Gasteiger partial charge in [0, 0.05) is 12.1 Å². The van der Waals surface area contributed by atoms with E-state index in [9.17, 15) is 0 Å². The quantitative estimate of drug-likeness (QED) is 0.672. The first-order valence-corrected chi connectivity index (χ1v) is 5.71. The van der Waals surface area contributed by atoms with Crippen LogP contribution in [0.2, 0.25) is 0 Å². The minimum Gasteiger partial charge on any atom is -0.658 e. The average molecular weight is 208 g/mol. The molecule has 0 amide bonds. The molecule has 0 radical (unpaired) electrons. The van der Waals surface area contributed by atoms with Crippen molar-refractivity contribution in [2.75, 3.05) is 0 Å². The van der Waals surface area contributed by atoms with E-state index in [2.05, 4.69) is 66.0 Å². The van der Waals surface area contributed by atoms with Gasteiger partial charge in [-0.15, -0.1) is 12.1 Å². The second-order valence-electron chi connectivity index (χ2n) is 4.81. The van der Waals surface area contributed by atoms with Crippen molar-refractivity contribution < 1.29 is 18.9 Å². The smallest absolute Gasteiger partial charge is 0.658 e. The van der Waals surface area contributed by atoms with E-state index in [-0.39, 0.29) is 18.9 Å². The Balaban J connectivity index is -0.000000180. The van der Waals surface area contributed by atoms with Crippen LogP contribution in [0, 0.1) is 0 Å². The van der Waals surface area contributed by atoms with Crippen LogP contribution in [-0.4, -0.2) is 24.2 Å². The molecule has 0 aromatic carbocycles. The molecule has 0 saturated carbocycles. The van der Waals surface area contributed by atoms with Gasteiger partial charge >= 0.3 is 18.9 Å². The van der Waals surface area contributed by atoms with Gasteiger partial charge in [0.25, 0.3) is 0 Å². The van der Waals surface area contributed by atoms with Gasteiger partial charge in [0.1, 0.15) is 0 Å². The summed E-state index contributed by atoms with van der Waals surface area (Å²) in [5.74, 6) is 0. The van der Waals surface area contributed by atoms with E-state index in [0.717, 1.165) is 0 Å². The SMILES string of the molecule is CC(C)NC(C)C.CC(C)[N-]C(C)C.[Li+]. The second-order valence-corrected chi connectivity index (χ2v) is 4.81. The summed E-state index contributed by atoms with van der Waals surface area (Å²) < 4.78 is 0. The Bertz CT molecular complexity index is 86.2. The summed E-state index contributed by atoms with van der Waals surface area (Å²) in [6.07, 6.45) is 0. The molecule has 0 aliphatic heterocycles. The van der Waals surface area contributed by atoms with Gasteiger partial charge in [0.2, 0.25) is 0 Å². The van der Waals surface area contributed by atoms with Gasteiger partial charge in [0.15, 0.2) is 0 Å². The molecule has 3 heteroatoms. The Morgan fingerprint density at radius 3 is 0.933 bits per heavy atom. The summed E-state index contributed by atoms with van der Waals surface area (Å²) in [6, 6.07) is 2.25. The van der Waals surface area contributed by atoms with Gasteiger partial charge < -0.3 is 10.6 Å². The molecule has 15 heavy (non-hydrogen) atoms. The van der Waals surface area contributed by atoms with E-state index in [1.807, 2.05) is 0 Å². The maximum absolute atomic E-state index is 4.28. The van der Waals surface area contributed by atoms with Gasteiger partial charge in [0.05, 0.1) is 0 Å². The van der Waals surface area contributed by atoms with Crippen molar-refractivity contribution in [1.29, 1.82) is 0 Å². The molecule has 0 unspecified atom stereocenters. The molecule has 2 nitrogen and oxygen atoms in total. The van der Waals surface area contributed by atoms with Gasteiger partial charge in [-0.25, -0.2) is 0 Å². The zero-order chi connectivity index (χ0) is 11.7. The second kappa shape index (κ2) is 12.6. The minimum absolute atomic E-state index is 0. The minimum atomic E-state index is 0. The average Bonchev–Trinajstić information content (AvgIpc) is 1.79. The first-order chi connectivity index (χ1) is 6.25. The largest absolute Gasteiger partial charge is 1.00 e. The summed E-state index contributed by atoms with van der Waals surface area (Å²) in [6.45, 7) is 17.0. The first-order valence-electron chi connectivity index (χ1n) is 5.71. The standard InChI is InChI=1S/C6H15N.C6H14N.Li/c2*1-5(2)7-6(3)4;/h5-7H,1-4H3;5-6H,1-4H3;/q;-1;+1. The maximum Gasteiger partial charge on any atom is 1.00 e. The number of hydrogen-bond acceptors (Lipinski definition) is 1. The summed E-state index contributed by atoms with van der Waals surface area (Å²) >= 11 is 0. The summed E-state index contributed by atoms with van der Waals surface area (Å²) in [4.78, 5) is 0. The fourth-order valence-corrected chi connectivity index (χ4v) is 1.26. The topological polar surface area (TPSA) is 26.1 Å². The molecule has 0 aromatic rings. The molecule has 0 atom stereocenters. The number of rotatable bonds is 4. The van der Waals surface area contributed by atoms with Crippen LogP contribution >= 0.6 is 0 Å². The molecule has 0 saturated heterocycles. The van der Waals surface area contributed by atoms with Gasteiger partial charge in [-0.2, -0.15) is 0 Å². The van der Waals surface area contributed by atoms with E-state index in [1.54, 1.807) is 0 Å². The van der Waals surface area contributed by atoms with Gasteiger partial charge in [-0.05, 0) is 0 Å². The Kier molecular flexibility index (Phi) is 17.5. The third-order valence-electron chi connectivity index (χ3n) is 1.26. The van der Waals surface area contributed by atoms with Crippen LogP contribution in [0.25, 0.3) is 5.32 Å². The summed E-state index contributed by atoms with van der Waals surface area (Å²) in [5, 5.41) is 7.58. The predicted molar refractivity (Wildman–Crippen MR) is 67.0 cm³/mol. The van der Waals surface area contributed by atoms with Crippen LogP contribution in [0.1, 0.15) is 55.4 Å². The van der Waals surface area contributed by atoms with Gasteiger partial charge in [-0.3, -0.25) is 0 Å². The number of nitrogens with one attached hydrogen (secondary N) is 1. The molecule has 0 aliphatic rings. The van der Waals surface area contributed by atoms with E-state index in [4.69, 9.17) is 0 Å². The van der Waals surface area contributed by atoms with Crippen LogP contribution in [-0.2, 0) is 0 Å². The molecule has 0 heterocycles. The van der Waals surface area contributed by atoms with Crippen molar-refractivity contribution >= 4 is 0 Å².